The van der Waals surface area contributed by atoms with Gasteiger partial charge in [-0.15, -0.1) is 0 Å². The lowest BCUT2D eigenvalue weighted by Crippen LogP contribution is -2.38. The van der Waals surface area contributed by atoms with Gasteiger partial charge in [0.1, 0.15) is 11.5 Å². The molecular formula is C25H21ClN2O4. The number of nitrogens with one attached hydrogen (secondary N) is 1. The van der Waals surface area contributed by atoms with Crippen molar-refractivity contribution in [1.82, 2.24) is 5.32 Å². The number of hydrogen-bond acceptors (Lipinski definition) is 5. The molecule has 7 heteroatoms. The number of nitriles is 1. The van der Waals surface area contributed by atoms with Crippen molar-refractivity contribution in [3.05, 3.63) is 82.1 Å². The fourth-order valence-corrected chi connectivity index (χ4v) is 3.48. The number of amides is 1. The van der Waals surface area contributed by atoms with E-state index in [-0.39, 0.29) is 28.6 Å². The van der Waals surface area contributed by atoms with Gasteiger partial charge in [0.05, 0.1) is 22.2 Å². The quantitative estimate of drug-likeness (QED) is 0.464. The Hall–Kier alpha value is -3.69. The van der Waals surface area contributed by atoms with Crippen molar-refractivity contribution >= 4 is 29.6 Å². The van der Waals surface area contributed by atoms with Crippen molar-refractivity contribution in [2.75, 3.05) is 0 Å². The number of halogens is 1. The molecule has 1 heterocycles. The molecule has 0 fully saturated rings. The van der Waals surface area contributed by atoms with Crippen LogP contribution in [-0.2, 0) is 11.2 Å². The molecule has 1 N–H and O–H groups in total. The highest BCUT2D eigenvalue weighted by Gasteiger charge is 2.20. The highest BCUT2D eigenvalue weighted by Crippen LogP contribution is 2.27. The first-order valence-electron chi connectivity index (χ1n) is 10.1. The van der Waals surface area contributed by atoms with Gasteiger partial charge in [0, 0.05) is 24.4 Å². The van der Waals surface area contributed by atoms with E-state index in [2.05, 4.69) is 11.4 Å². The summed E-state index contributed by atoms with van der Waals surface area (Å²) in [5, 5.41) is 12.1. The lowest BCUT2D eigenvalue weighted by Gasteiger charge is -2.19. The van der Waals surface area contributed by atoms with E-state index in [1.54, 1.807) is 49.4 Å². The molecule has 1 aromatic heterocycles. The zero-order chi connectivity index (χ0) is 23.1. The molecule has 2 aromatic carbocycles. The van der Waals surface area contributed by atoms with Gasteiger partial charge in [0.25, 0.3) is 5.91 Å². The maximum Gasteiger partial charge on any atom is 0.253 e. The van der Waals surface area contributed by atoms with Gasteiger partial charge >= 0.3 is 0 Å². The predicted octanol–water partition coefficient (Wildman–Crippen LogP) is 4.99. The van der Waals surface area contributed by atoms with Crippen molar-refractivity contribution in [3.63, 3.8) is 0 Å². The third-order valence-corrected chi connectivity index (χ3v) is 5.34. The van der Waals surface area contributed by atoms with Gasteiger partial charge in [0.2, 0.25) is 0 Å². The van der Waals surface area contributed by atoms with Crippen molar-refractivity contribution in [3.8, 4) is 17.4 Å². The summed E-state index contributed by atoms with van der Waals surface area (Å²) >= 11 is 6.28. The maximum atomic E-state index is 13.0. The fourth-order valence-electron chi connectivity index (χ4n) is 3.28. The molecule has 3 aromatic rings. The van der Waals surface area contributed by atoms with Crippen LogP contribution in [0.4, 0.5) is 0 Å². The van der Waals surface area contributed by atoms with Crippen LogP contribution < -0.4 is 5.32 Å². The lowest BCUT2D eigenvalue weighted by molar-refractivity contribution is -0.119. The molecule has 6 nitrogen and oxygen atoms in total. The SMILES string of the molecule is CCC(=O)C[C@@H](Cc1ccc(C#N)cc1)NC(=O)c1cc(-c2ccc(C=O)o2)ccc1Cl. The Bertz CT molecular complexity index is 1180. The average Bonchev–Trinajstić information content (AvgIpc) is 3.29. The molecule has 0 saturated heterocycles. The summed E-state index contributed by atoms with van der Waals surface area (Å²) in [4.78, 5) is 36.0. The molecule has 0 bridgehead atoms. The summed E-state index contributed by atoms with van der Waals surface area (Å²) in [6, 6.07) is 16.7. The van der Waals surface area contributed by atoms with E-state index in [9.17, 15) is 14.4 Å². The minimum Gasteiger partial charge on any atom is -0.453 e. The van der Waals surface area contributed by atoms with Gasteiger partial charge in [-0.25, -0.2) is 0 Å². The second-order valence-corrected chi connectivity index (χ2v) is 7.70. The summed E-state index contributed by atoms with van der Waals surface area (Å²) in [7, 11) is 0. The number of aldehydes is 1. The van der Waals surface area contributed by atoms with E-state index >= 15 is 0 Å². The topological polar surface area (TPSA) is 100 Å². The van der Waals surface area contributed by atoms with Crippen molar-refractivity contribution in [2.45, 2.75) is 32.2 Å². The maximum absolute atomic E-state index is 13.0. The van der Waals surface area contributed by atoms with Crippen molar-refractivity contribution in [1.29, 1.82) is 5.26 Å². The van der Waals surface area contributed by atoms with Crippen LogP contribution in [0.5, 0.6) is 0 Å². The van der Waals surface area contributed by atoms with Gasteiger partial charge in [-0.2, -0.15) is 5.26 Å². The number of carbonyl (C=O) groups excluding carboxylic acids is 3. The Morgan fingerprint density at radius 3 is 2.53 bits per heavy atom. The van der Waals surface area contributed by atoms with Gasteiger partial charge in [-0.3, -0.25) is 14.4 Å². The number of Topliss-reactive ketones (excluding diaryl/α,β-unsaturated/α-hetero) is 1. The number of hydrogen-bond donors (Lipinski definition) is 1. The molecule has 0 spiro atoms. The highest BCUT2D eigenvalue weighted by molar-refractivity contribution is 6.34. The van der Waals surface area contributed by atoms with Crippen LogP contribution in [0.1, 0.15) is 51.8 Å². The molecule has 32 heavy (non-hydrogen) atoms. The number of carbonyl (C=O) groups is 3. The molecule has 0 saturated carbocycles. The number of furan rings is 1. The molecule has 1 atom stereocenters. The van der Waals surface area contributed by atoms with Crippen LogP contribution in [0.3, 0.4) is 0 Å². The average molecular weight is 449 g/mol. The smallest absolute Gasteiger partial charge is 0.253 e. The lowest BCUT2D eigenvalue weighted by atomic mass is 9.99. The molecule has 0 radical (unpaired) electrons. The van der Waals surface area contributed by atoms with E-state index in [4.69, 9.17) is 21.3 Å². The van der Waals surface area contributed by atoms with Gasteiger partial charge < -0.3 is 9.73 Å². The number of nitrogens with zero attached hydrogens (tertiary/aromatic N) is 1. The van der Waals surface area contributed by atoms with Crippen LogP contribution in [0, 0.1) is 11.3 Å². The monoisotopic (exact) mass is 448 g/mol. The zero-order valence-corrected chi connectivity index (χ0v) is 18.2. The summed E-state index contributed by atoms with van der Waals surface area (Å²) in [6.07, 6.45) is 1.58. The standard InChI is InChI=1S/C25H21ClN2O4/c1-2-20(30)13-19(11-16-3-5-17(14-27)6-4-16)28-25(31)22-12-18(7-9-23(22)26)24-10-8-21(15-29)32-24/h3-10,12,15,19H,2,11,13H2,1H3,(H,28,31)/t19-/m1/s1. The second-order valence-electron chi connectivity index (χ2n) is 7.29. The zero-order valence-electron chi connectivity index (χ0n) is 17.4. The third kappa shape index (κ3) is 5.71. The number of benzene rings is 2. The van der Waals surface area contributed by atoms with E-state index < -0.39 is 11.9 Å². The van der Waals surface area contributed by atoms with E-state index in [0.717, 1.165) is 5.56 Å². The first-order valence-corrected chi connectivity index (χ1v) is 10.5. The van der Waals surface area contributed by atoms with Crippen LogP contribution in [0.15, 0.2) is 59.0 Å². The molecule has 0 aliphatic rings. The minimum atomic E-state index is -0.437. The van der Waals surface area contributed by atoms with Gasteiger partial charge in [0.15, 0.2) is 12.0 Å². The summed E-state index contributed by atoms with van der Waals surface area (Å²) in [6.45, 7) is 1.78. The number of ketones is 1. The molecule has 0 aliphatic carbocycles. The largest absolute Gasteiger partial charge is 0.453 e. The Labute approximate surface area is 190 Å². The molecular weight excluding hydrogens is 428 g/mol. The third-order valence-electron chi connectivity index (χ3n) is 5.01. The van der Waals surface area contributed by atoms with Crippen LogP contribution in [0.25, 0.3) is 11.3 Å². The van der Waals surface area contributed by atoms with Crippen LogP contribution in [0.2, 0.25) is 5.02 Å². The summed E-state index contributed by atoms with van der Waals surface area (Å²) in [5.74, 6) is 0.233. The Balaban J connectivity index is 1.82. The predicted molar refractivity (Wildman–Crippen MR) is 121 cm³/mol. The van der Waals surface area contributed by atoms with Crippen molar-refractivity contribution in [2.24, 2.45) is 0 Å². The van der Waals surface area contributed by atoms with E-state index in [1.165, 1.54) is 0 Å². The first-order chi connectivity index (χ1) is 15.4. The van der Waals surface area contributed by atoms with Gasteiger partial charge in [-0.1, -0.05) is 30.7 Å². The van der Waals surface area contributed by atoms with Gasteiger partial charge in [-0.05, 0) is 54.4 Å². The summed E-state index contributed by atoms with van der Waals surface area (Å²) in [5.41, 5.74) is 2.27. The molecule has 0 unspecified atom stereocenters. The number of rotatable bonds is 9. The Morgan fingerprint density at radius 1 is 1.16 bits per heavy atom. The Morgan fingerprint density at radius 2 is 1.91 bits per heavy atom. The highest BCUT2D eigenvalue weighted by atomic mass is 35.5. The minimum absolute atomic E-state index is 0.0285. The Kier molecular flexibility index (Phi) is 7.58. The molecule has 0 aliphatic heterocycles. The molecule has 162 valence electrons. The fraction of sp³-hybridized carbons (Fsp3) is 0.200. The first kappa shape index (κ1) is 23.0. The van der Waals surface area contributed by atoms with Crippen molar-refractivity contribution < 1.29 is 18.8 Å². The van der Waals surface area contributed by atoms with Crippen LogP contribution >= 0.6 is 11.6 Å². The summed E-state index contributed by atoms with van der Waals surface area (Å²) < 4.78 is 5.43. The second kappa shape index (κ2) is 10.6. The van der Waals surface area contributed by atoms with E-state index in [0.29, 0.717) is 36.0 Å². The van der Waals surface area contributed by atoms with Crippen LogP contribution in [-0.4, -0.2) is 24.0 Å². The molecule has 3 rings (SSSR count). The molecule has 1 amide bonds. The normalized spacial score (nSPS) is 11.4. The van der Waals surface area contributed by atoms with E-state index in [1.807, 2.05) is 12.1 Å².